The van der Waals surface area contributed by atoms with Gasteiger partial charge in [0, 0.05) is 0 Å². The van der Waals surface area contributed by atoms with Gasteiger partial charge in [0.2, 0.25) is 5.13 Å². The van der Waals surface area contributed by atoms with E-state index in [1.54, 1.807) is 54.6 Å². The number of para-hydroxylation sites is 1. The second-order valence-electron chi connectivity index (χ2n) is 7.09. The summed E-state index contributed by atoms with van der Waals surface area (Å²) in [5.74, 6) is 0.387. The minimum atomic E-state index is -3.96. The van der Waals surface area contributed by atoms with Crippen molar-refractivity contribution in [3.8, 4) is 0 Å². The van der Waals surface area contributed by atoms with Crippen LogP contribution in [0.2, 0.25) is 0 Å². The Balaban J connectivity index is 1.74. The van der Waals surface area contributed by atoms with Crippen molar-refractivity contribution >= 4 is 49.8 Å². The maximum Gasteiger partial charge on any atom is 0.264 e. The number of hydrogen-bond donors (Lipinski definition) is 1. The van der Waals surface area contributed by atoms with E-state index in [4.69, 9.17) is 0 Å². The van der Waals surface area contributed by atoms with E-state index in [9.17, 15) is 13.2 Å². The van der Waals surface area contributed by atoms with Crippen molar-refractivity contribution in [2.45, 2.75) is 22.7 Å². The molecule has 0 spiro atoms. The summed E-state index contributed by atoms with van der Waals surface area (Å²) in [4.78, 5) is 13.4. The fourth-order valence-corrected chi connectivity index (χ4v) is 6.39. The van der Waals surface area contributed by atoms with Gasteiger partial charge >= 0.3 is 0 Å². The third kappa shape index (κ3) is 5.46. The normalized spacial score (nSPS) is 11.2. The van der Waals surface area contributed by atoms with Gasteiger partial charge in [-0.1, -0.05) is 90.7 Å². The van der Waals surface area contributed by atoms with Gasteiger partial charge in [0.1, 0.15) is 0 Å². The molecular weight excluding hydrogens is 488 g/mol. The number of nitrogens with zero attached hydrogens (tertiary/aromatic N) is 3. The molecule has 0 aliphatic carbocycles. The quantitative estimate of drug-likeness (QED) is 0.243. The van der Waals surface area contributed by atoms with Crippen LogP contribution in [-0.4, -0.2) is 30.3 Å². The highest BCUT2D eigenvalue weighted by molar-refractivity contribution is 8.01. The lowest BCUT2D eigenvalue weighted by molar-refractivity contribution is 0.102. The smallest absolute Gasteiger partial charge is 0.264 e. The summed E-state index contributed by atoms with van der Waals surface area (Å²) < 4.78 is 29.5. The minimum absolute atomic E-state index is 0.0679. The Hall–Kier alpha value is -3.21. The molecule has 1 aromatic heterocycles. The number of anilines is 2. The van der Waals surface area contributed by atoms with E-state index in [-0.39, 0.29) is 22.7 Å². The van der Waals surface area contributed by atoms with Crippen molar-refractivity contribution in [3.05, 3.63) is 96.1 Å². The van der Waals surface area contributed by atoms with Crippen molar-refractivity contribution in [3.63, 3.8) is 0 Å². The Kier molecular flexibility index (Phi) is 7.61. The van der Waals surface area contributed by atoms with Crippen LogP contribution >= 0.6 is 23.1 Å². The first kappa shape index (κ1) is 23.9. The van der Waals surface area contributed by atoms with Gasteiger partial charge in [-0.05, 0) is 35.6 Å². The molecule has 1 amide bonds. The first-order chi connectivity index (χ1) is 16.5. The third-order valence-electron chi connectivity index (χ3n) is 4.81. The summed E-state index contributed by atoms with van der Waals surface area (Å²) in [6, 6.07) is 24.1. The molecule has 4 aromatic rings. The summed E-state index contributed by atoms with van der Waals surface area (Å²) in [7, 11) is -3.96. The van der Waals surface area contributed by atoms with Crippen LogP contribution in [0.25, 0.3) is 0 Å². The molecule has 1 N–H and O–H groups in total. The Bertz CT molecular complexity index is 1360. The summed E-state index contributed by atoms with van der Waals surface area (Å²) in [6.45, 7) is 2.08. The molecule has 0 saturated carbocycles. The molecule has 0 fully saturated rings. The zero-order valence-corrected chi connectivity index (χ0v) is 20.7. The molecule has 0 aliphatic rings. The molecule has 0 bridgehead atoms. The van der Waals surface area contributed by atoms with Crippen molar-refractivity contribution in [2.75, 3.05) is 15.4 Å². The number of aromatic nitrogens is 2. The van der Waals surface area contributed by atoms with E-state index < -0.39 is 15.9 Å². The zero-order chi connectivity index (χ0) is 24.0. The monoisotopic (exact) mass is 510 g/mol. The van der Waals surface area contributed by atoms with Crippen LogP contribution in [0.4, 0.5) is 10.8 Å². The number of thioether (sulfide) groups is 1. The summed E-state index contributed by atoms with van der Waals surface area (Å²) in [5.41, 5.74) is 1.29. The van der Waals surface area contributed by atoms with Crippen molar-refractivity contribution in [1.29, 1.82) is 0 Å². The summed E-state index contributed by atoms with van der Waals surface area (Å²) in [6.07, 6.45) is 0. The summed E-state index contributed by atoms with van der Waals surface area (Å²) >= 11 is 2.81. The summed E-state index contributed by atoms with van der Waals surface area (Å²) in [5, 5.41) is 11.2. The lowest BCUT2D eigenvalue weighted by Crippen LogP contribution is -2.32. The van der Waals surface area contributed by atoms with Gasteiger partial charge in [-0.3, -0.25) is 14.4 Å². The lowest BCUT2D eigenvalue weighted by Gasteiger charge is -2.26. The molecule has 0 atom stereocenters. The lowest BCUT2D eigenvalue weighted by atomic mass is 10.1. The van der Waals surface area contributed by atoms with Crippen LogP contribution in [0, 0.1) is 0 Å². The van der Waals surface area contributed by atoms with Crippen LogP contribution in [-0.2, 0) is 16.6 Å². The van der Waals surface area contributed by atoms with Crippen LogP contribution in [0.3, 0.4) is 0 Å². The number of hydrogen-bond acceptors (Lipinski definition) is 7. The average molecular weight is 511 g/mol. The van der Waals surface area contributed by atoms with Gasteiger partial charge in [-0.2, -0.15) is 0 Å². The Labute approximate surface area is 206 Å². The topological polar surface area (TPSA) is 92.3 Å². The number of carbonyl (C=O) groups is 1. The van der Waals surface area contributed by atoms with Crippen molar-refractivity contribution in [1.82, 2.24) is 10.2 Å². The highest BCUT2D eigenvalue weighted by Crippen LogP contribution is 2.31. The van der Waals surface area contributed by atoms with Gasteiger partial charge in [0.05, 0.1) is 22.7 Å². The highest BCUT2D eigenvalue weighted by atomic mass is 32.2. The molecule has 3 aromatic carbocycles. The molecule has 34 heavy (non-hydrogen) atoms. The average Bonchev–Trinajstić information content (AvgIpc) is 3.30. The maximum absolute atomic E-state index is 13.7. The predicted molar refractivity (Wildman–Crippen MR) is 137 cm³/mol. The number of nitrogens with one attached hydrogen (secondary N) is 1. The van der Waals surface area contributed by atoms with E-state index in [0.29, 0.717) is 5.13 Å². The number of carbonyl (C=O) groups excluding carboxylic acids is 1. The van der Waals surface area contributed by atoms with E-state index in [1.165, 1.54) is 27.4 Å². The Morgan fingerprint density at radius 1 is 0.941 bits per heavy atom. The van der Waals surface area contributed by atoms with Gasteiger partial charge in [0.15, 0.2) is 4.34 Å². The van der Waals surface area contributed by atoms with Crippen LogP contribution < -0.4 is 9.62 Å². The molecule has 0 radical (unpaired) electrons. The number of rotatable bonds is 9. The number of amides is 1. The fourth-order valence-electron chi connectivity index (χ4n) is 3.26. The van der Waals surface area contributed by atoms with Gasteiger partial charge in [-0.15, -0.1) is 10.2 Å². The number of sulfonamides is 1. The first-order valence-electron chi connectivity index (χ1n) is 10.5. The largest absolute Gasteiger partial charge is 0.296 e. The van der Waals surface area contributed by atoms with Crippen LogP contribution in [0.15, 0.2) is 94.2 Å². The fraction of sp³-hybridized carbons (Fsp3) is 0.125. The van der Waals surface area contributed by atoms with Gasteiger partial charge in [-0.25, -0.2) is 8.42 Å². The zero-order valence-electron chi connectivity index (χ0n) is 18.3. The molecule has 0 saturated heterocycles. The first-order valence-corrected chi connectivity index (χ1v) is 13.7. The van der Waals surface area contributed by atoms with Crippen molar-refractivity contribution < 1.29 is 13.2 Å². The third-order valence-corrected chi connectivity index (χ3v) is 8.44. The maximum atomic E-state index is 13.7. The molecule has 174 valence electrons. The van der Waals surface area contributed by atoms with E-state index in [0.717, 1.165) is 15.7 Å². The minimum Gasteiger partial charge on any atom is -0.296 e. The van der Waals surface area contributed by atoms with Gasteiger partial charge in [0.25, 0.3) is 15.9 Å². The highest BCUT2D eigenvalue weighted by Gasteiger charge is 2.28. The van der Waals surface area contributed by atoms with Crippen LogP contribution in [0.1, 0.15) is 22.8 Å². The number of benzene rings is 3. The Morgan fingerprint density at radius 2 is 1.59 bits per heavy atom. The molecule has 4 rings (SSSR count). The van der Waals surface area contributed by atoms with Crippen LogP contribution in [0.5, 0.6) is 0 Å². The predicted octanol–water partition coefficient (Wildman–Crippen LogP) is 5.30. The standard InChI is InChI=1S/C24H22N4O3S3/c1-2-32-24-27-26-23(33-24)25-22(29)20-15-9-10-16-21(20)28(17-18-11-5-3-6-12-18)34(30,31)19-13-7-4-8-14-19/h3-16H,2,17H2,1H3,(H,25,26,29). The molecule has 7 nitrogen and oxygen atoms in total. The van der Waals surface area contributed by atoms with Crippen molar-refractivity contribution in [2.24, 2.45) is 0 Å². The molecule has 10 heteroatoms. The SMILES string of the molecule is CCSc1nnc(NC(=O)c2ccccc2N(Cc2ccccc2)S(=O)(=O)c2ccccc2)s1. The molecule has 0 aliphatic heterocycles. The second-order valence-corrected chi connectivity index (χ2v) is 11.4. The second kappa shape index (κ2) is 10.8. The van der Waals surface area contributed by atoms with Gasteiger partial charge < -0.3 is 0 Å². The van der Waals surface area contributed by atoms with E-state index in [1.807, 2.05) is 37.3 Å². The molecule has 0 unspecified atom stereocenters. The van der Waals surface area contributed by atoms with E-state index in [2.05, 4.69) is 15.5 Å². The molecular formula is C24H22N4O3S3. The van der Waals surface area contributed by atoms with E-state index >= 15 is 0 Å². The Morgan fingerprint density at radius 3 is 2.29 bits per heavy atom. The molecule has 1 heterocycles.